The number of amides is 3. The van der Waals surface area contributed by atoms with E-state index in [-0.39, 0.29) is 24.9 Å². The third-order valence-corrected chi connectivity index (χ3v) is 4.22. The van der Waals surface area contributed by atoms with Gasteiger partial charge in [0.05, 0.1) is 11.1 Å². The van der Waals surface area contributed by atoms with Crippen LogP contribution >= 0.6 is 12.4 Å². The molecule has 1 aromatic carbocycles. The van der Waals surface area contributed by atoms with Gasteiger partial charge in [-0.2, -0.15) is 0 Å². The van der Waals surface area contributed by atoms with Crippen LogP contribution in [0.4, 0.5) is 0 Å². The van der Waals surface area contributed by atoms with Gasteiger partial charge in [-0.1, -0.05) is 12.1 Å². The molecule has 124 valence electrons. The molecule has 0 aliphatic carbocycles. The lowest BCUT2D eigenvalue weighted by molar-refractivity contribution is -0.121. The van der Waals surface area contributed by atoms with Crippen molar-refractivity contribution >= 4 is 30.1 Å². The van der Waals surface area contributed by atoms with Crippen molar-refractivity contribution in [1.82, 2.24) is 15.5 Å². The molecule has 1 aromatic rings. The molecule has 0 bridgehead atoms. The smallest absolute Gasteiger partial charge is 0.262 e. The molecule has 1 saturated heterocycles. The van der Waals surface area contributed by atoms with Crippen LogP contribution in [0.1, 0.15) is 33.6 Å². The van der Waals surface area contributed by atoms with Crippen LogP contribution in [-0.4, -0.2) is 48.8 Å². The Morgan fingerprint density at radius 1 is 1.22 bits per heavy atom. The van der Waals surface area contributed by atoms with Gasteiger partial charge in [0, 0.05) is 6.54 Å². The maximum absolute atomic E-state index is 12.1. The van der Waals surface area contributed by atoms with Gasteiger partial charge in [0.2, 0.25) is 5.91 Å². The largest absolute Gasteiger partial charge is 0.355 e. The predicted octanol–water partition coefficient (Wildman–Crippen LogP) is 0.820. The van der Waals surface area contributed by atoms with Crippen LogP contribution in [0.2, 0.25) is 0 Å². The highest BCUT2D eigenvalue weighted by Crippen LogP contribution is 2.21. The summed E-state index contributed by atoms with van der Waals surface area (Å²) in [6, 6.07) is 6.65. The van der Waals surface area contributed by atoms with E-state index in [0.29, 0.717) is 23.6 Å². The number of imide groups is 1. The topological polar surface area (TPSA) is 78.5 Å². The Morgan fingerprint density at radius 3 is 2.43 bits per heavy atom. The third-order valence-electron chi connectivity index (χ3n) is 4.22. The lowest BCUT2D eigenvalue weighted by Gasteiger charge is -2.14. The summed E-state index contributed by atoms with van der Waals surface area (Å²) in [5.41, 5.74) is 0.745. The zero-order chi connectivity index (χ0) is 15.5. The molecule has 2 heterocycles. The molecule has 7 heteroatoms. The summed E-state index contributed by atoms with van der Waals surface area (Å²) in [7, 11) is 0. The second kappa shape index (κ2) is 7.57. The second-order valence-electron chi connectivity index (χ2n) is 5.74. The van der Waals surface area contributed by atoms with Gasteiger partial charge in [-0.3, -0.25) is 19.3 Å². The number of fused-ring (bicyclic) bond motifs is 1. The van der Waals surface area contributed by atoms with Crippen molar-refractivity contribution in [2.24, 2.45) is 5.92 Å². The van der Waals surface area contributed by atoms with E-state index < -0.39 is 11.8 Å². The number of carbonyl (C=O) groups excluding carboxylic acids is 3. The molecular weight excluding hydrogens is 318 g/mol. The number of hydrogen-bond acceptors (Lipinski definition) is 4. The molecular formula is C16H20ClN3O3. The van der Waals surface area contributed by atoms with Crippen molar-refractivity contribution < 1.29 is 14.4 Å². The van der Waals surface area contributed by atoms with Gasteiger partial charge in [0.25, 0.3) is 11.8 Å². The Labute approximate surface area is 141 Å². The highest BCUT2D eigenvalue weighted by molar-refractivity contribution is 6.22. The quantitative estimate of drug-likeness (QED) is 0.780. The fraction of sp³-hybridized carbons (Fsp3) is 0.438. The van der Waals surface area contributed by atoms with E-state index >= 15 is 0 Å². The maximum atomic E-state index is 12.1. The van der Waals surface area contributed by atoms with E-state index in [1.807, 2.05) is 0 Å². The van der Waals surface area contributed by atoms with E-state index in [1.54, 1.807) is 24.3 Å². The monoisotopic (exact) mass is 337 g/mol. The van der Waals surface area contributed by atoms with Crippen LogP contribution in [0, 0.1) is 5.92 Å². The minimum atomic E-state index is -0.393. The highest BCUT2D eigenvalue weighted by Gasteiger charge is 2.36. The molecule has 0 aromatic heterocycles. The molecule has 23 heavy (non-hydrogen) atoms. The van der Waals surface area contributed by atoms with Crippen molar-refractivity contribution in [3.05, 3.63) is 35.4 Å². The molecule has 6 nitrogen and oxygen atoms in total. The van der Waals surface area contributed by atoms with E-state index in [0.717, 1.165) is 30.8 Å². The molecule has 0 saturated carbocycles. The Balaban J connectivity index is 0.00000192. The van der Waals surface area contributed by atoms with E-state index in [2.05, 4.69) is 10.6 Å². The van der Waals surface area contributed by atoms with Crippen molar-refractivity contribution in [2.75, 3.05) is 26.2 Å². The van der Waals surface area contributed by atoms with Crippen LogP contribution in [0.15, 0.2) is 24.3 Å². The average molecular weight is 338 g/mol. The second-order valence-corrected chi connectivity index (χ2v) is 5.74. The van der Waals surface area contributed by atoms with Crippen molar-refractivity contribution in [2.45, 2.75) is 12.8 Å². The van der Waals surface area contributed by atoms with Crippen molar-refractivity contribution in [3.63, 3.8) is 0 Å². The zero-order valence-corrected chi connectivity index (χ0v) is 13.5. The number of rotatable bonds is 5. The molecule has 1 unspecified atom stereocenters. The third kappa shape index (κ3) is 3.71. The molecule has 3 amide bonds. The van der Waals surface area contributed by atoms with Gasteiger partial charge in [-0.05, 0) is 44.0 Å². The van der Waals surface area contributed by atoms with Gasteiger partial charge >= 0.3 is 0 Å². The number of nitrogens with zero attached hydrogens (tertiary/aromatic N) is 1. The van der Waals surface area contributed by atoms with E-state index in [4.69, 9.17) is 0 Å². The van der Waals surface area contributed by atoms with Gasteiger partial charge < -0.3 is 10.6 Å². The fourth-order valence-electron chi connectivity index (χ4n) is 2.96. The summed E-state index contributed by atoms with van der Waals surface area (Å²) in [6.07, 6.45) is 2.05. The Kier molecular flexibility index (Phi) is 5.74. The Hall–Kier alpha value is -1.92. The SMILES string of the molecule is Cl.O=C(CN1C(=O)c2ccccc2C1=O)NCCC1CCNC1. The fourth-order valence-corrected chi connectivity index (χ4v) is 2.96. The summed E-state index contributed by atoms with van der Waals surface area (Å²) in [5, 5.41) is 6.07. The first-order chi connectivity index (χ1) is 10.7. The normalized spacial score (nSPS) is 19.5. The summed E-state index contributed by atoms with van der Waals surface area (Å²) in [4.78, 5) is 37.2. The molecule has 0 spiro atoms. The van der Waals surface area contributed by atoms with Gasteiger partial charge in [0.1, 0.15) is 6.54 Å². The number of hydrogen-bond donors (Lipinski definition) is 2. The lowest BCUT2D eigenvalue weighted by atomic mass is 10.1. The standard InChI is InChI=1S/C16H19N3O3.ClH/c20-14(18-8-6-11-5-7-17-9-11)10-19-15(21)12-3-1-2-4-13(12)16(19)22;/h1-4,11,17H,5-10H2,(H,18,20);1H. The Bertz CT molecular complexity index is 579. The maximum Gasteiger partial charge on any atom is 0.262 e. The molecule has 1 fully saturated rings. The minimum Gasteiger partial charge on any atom is -0.355 e. The molecule has 3 rings (SSSR count). The Morgan fingerprint density at radius 2 is 1.87 bits per heavy atom. The highest BCUT2D eigenvalue weighted by atomic mass is 35.5. The van der Waals surface area contributed by atoms with Gasteiger partial charge in [-0.25, -0.2) is 0 Å². The number of benzene rings is 1. The van der Waals surface area contributed by atoms with Crippen LogP contribution < -0.4 is 10.6 Å². The first-order valence-corrected chi connectivity index (χ1v) is 7.59. The van der Waals surface area contributed by atoms with Gasteiger partial charge in [-0.15, -0.1) is 12.4 Å². The molecule has 2 aliphatic rings. The van der Waals surface area contributed by atoms with Crippen molar-refractivity contribution in [1.29, 1.82) is 0 Å². The number of halogens is 1. The molecule has 2 aliphatic heterocycles. The molecule has 1 atom stereocenters. The van der Waals surface area contributed by atoms with E-state index in [9.17, 15) is 14.4 Å². The van der Waals surface area contributed by atoms with Crippen LogP contribution in [0.3, 0.4) is 0 Å². The van der Waals surface area contributed by atoms with Gasteiger partial charge in [0.15, 0.2) is 0 Å². The molecule has 2 N–H and O–H groups in total. The summed E-state index contributed by atoms with van der Waals surface area (Å²) < 4.78 is 0. The number of nitrogens with one attached hydrogen (secondary N) is 2. The summed E-state index contributed by atoms with van der Waals surface area (Å²) >= 11 is 0. The summed E-state index contributed by atoms with van der Waals surface area (Å²) in [6.45, 7) is 2.39. The summed E-state index contributed by atoms with van der Waals surface area (Å²) in [5.74, 6) is -0.480. The van der Waals surface area contributed by atoms with Crippen LogP contribution in [0.25, 0.3) is 0 Å². The molecule has 0 radical (unpaired) electrons. The average Bonchev–Trinajstić information content (AvgIpc) is 3.11. The number of carbonyl (C=O) groups is 3. The zero-order valence-electron chi connectivity index (χ0n) is 12.7. The first kappa shape index (κ1) is 17.4. The lowest BCUT2D eigenvalue weighted by Crippen LogP contribution is -2.40. The van der Waals surface area contributed by atoms with Crippen molar-refractivity contribution in [3.8, 4) is 0 Å². The minimum absolute atomic E-state index is 0. The predicted molar refractivity (Wildman–Crippen MR) is 87.7 cm³/mol. The van der Waals surface area contributed by atoms with Crippen LogP contribution in [0.5, 0.6) is 0 Å². The van der Waals surface area contributed by atoms with E-state index in [1.165, 1.54) is 0 Å². The van der Waals surface area contributed by atoms with Crippen LogP contribution in [-0.2, 0) is 4.79 Å². The first-order valence-electron chi connectivity index (χ1n) is 7.59.